The van der Waals surface area contributed by atoms with Crippen LogP contribution in [0.3, 0.4) is 0 Å². The minimum atomic E-state index is -0.379. The molecule has 1 aliphatic carbocycles. The standard InChI is InChI=1S/C12H16N2O2/c1-3-16-12(15)11-7-9-6-8(2)4-5-10(9)13-14-11/h7-8H,3-6H2,1-2H3. The number of carbonyl (C=O) groups is 1. The van der Waals surface area contributed by atoms with Gasteiger partial charge in [-0.15, -0.1) is 5.10 Å². The van der Waals surface area contributed by atoms with Crippen molar-refractivity contribution >= 4 is 5.97 Å². The van der Waals surface area contributed by atoms with E-state index in [4.69, 9.17) is 4.74 Å². The van der Waals surface area contributed by atoms with E-state index in [2.05, 4.69) is 17.1 Å². The Labute approximate surface area is 95.0 Å². The molecule has 1 aromatic heterocycles. The van der Waals surface area contributed by atoms with Crippen LogP contribution < -0.4 is 0 Å². The molecule has 16 heavy (non-hydrogen) atoms. The molecular formula is C12H16N2O2. The van der Waals surface area contributed by atoms with Gasteiger partial charge in [-0.25, -0.2) is 4.79 Å². The average Bonchev–Trinajstić information content (AvgIpc) is 2.28. The number of nitrogens with zero attached hydrogens (tertiary/aromatic N) is 2. The molecule has 1 aromatic rings. The molecule has 0 amide bonds. The van der Waals surface area contributed by atoms with Gasteiger partial charge in [-0.05, 0) is 43.7 Å². The third kappa shape index (κ3) is 2.21. The van der Waals surface area contributed by atoms with Crippen molar-refractivity contribution < 1.29 is 9.53 Å². The highest BCUT2D eigenvalue weighted by atomic mass is 16.5. The summed E-state index contributed by atoms with van der Waals surface area (Å²) in [6.07, 6.45) is 3.10. The molecule has 0 saturated heterocycles. The van der Waals surface area contributed by atoms with E-state index >= 15 is 0 Å². The number of hydrogen-bond donors (Lipinski definition) is 0. The van der Waals surface area contributed by atoms with Crippen molar-refractivity contribution in [3.63, 3.8) is 0 Å². The topological polar surface area (TPSA) is 52.1 Å². The first-order valence-electron chi connectivity index (χ1n) is 5.73. The van der Waals surface area contributed by atoms with E-state index < -0.39 is 0 Å². The van der Waals surface area contributed by atoms with Crippen LogP contribution in [0.2, 0.25) is 0 Å². The minimum Gasteiger partial charge on any atom is -0.461 e. The molecule has 0 radical (unpaired) electrons. The number of fused-ring (bicyclic) bond motifs is 1. The van der Waals surface area contributed by atoms with E-state index in [1.165, 1.54) is 0 Å². The summed E-state index contributed by atoms with van der Waals surface area (Å²) in [5, 5.41) is 8.02. The Morgan fingerprint density at radius 2 is 2.38 bits per heavy atom. The van der Waals surface area contributed by atoms with Crippen molar-refractivity contribution in [3.05, 3.63) is 23.0 Å². The quantitative estimate of drug-likeness (QED) is 0.713. The maximum absolute atomic E-state index is 11.5. The largest absolute Gasteiger partial charge is 0.461 e. The summed E-state index contributed by atoms with van der Waals surface area (Å²) in [5.74, 6) is 0.280. The van der Waals surface area contributed by atoms with Crippen LogP contribution in [-0.4, -0.2) is 22.8 Å². The van der Waals surface area contributed by atoms with E-state index in [1.54, 1.807) is 6.92 Å². The maximum Gasteiger partial charge on any atom is 0.358 e. The zero-order chi connectivity index (χ0) is 11.5. The molecule has 1 heterocycles. The highest BCUT2D eigenvalue weighted by Crippen LogP contribution is 2.23. The maximum atomic E-state index is 11.5. The first-order valence-corrected chi connectivity index (χ1v) is 5.73. The summed E-state index contributed by atoms with van der Waals surface area (Å²) < 4.78 is 4.90. The van der Waals surface area contributed by atoms with Gasteiger partial charge in [0, 0.05) is 0 Å². The Balaban J connectivity index is 2.24. The zero-order valence-electron chi connectivity index (χ0n) is 9.69. The summed E-state index contributed by atoms with van der Waals surface area (Å²) in [5.41, 5.74) is 2.51. The Hall–Kier alpha value is -1.45. The summed E-state index contributed by atoms with van der Waals surface area (Å²) in [7, 11) is 0. The summed E-state index contributed by atoms with van der Waals surface area (Å²) in [4.78, 5) is 11.5. The molecule has 0 fully saturated rings. The van der Waals surface area contributed by atoms with Gasteiger partial charge in [0.2, 0.25) is 0 Å². The molecule has 0 aromatic carbocycles. The lowest BCUT2D eigenvalue weighted by molar-refractivity contribution is 0.0517. The van der Waals surface area contributed by atoms with Crippen LogP contribution in [-0.2, 0) is 17.6 Å². The van der Waals surface area contributed by atoms with Crippen LogP contribution in [0.25, 0.3) is 0 Å². The highest BCUT2D eigenvalue weighted by molar-refractivity contribution is 5.87. The highest BCUT2D eigenvalue weighted by Gasteiger charge is 2.19. The Morgan fingerprint density at radius 1 is 1.56 bits per heavy atom. The smallest absolute Gasteiger partial charge is 0.358 e. The minimum absolute atomic E-state index is 0.328. The first-order chi connectivity index (χ1) is 7.70. The molecular weight excluding hydrogens is 204 g/mol. The lowest BCUT2D eigenvalue weighted by atomic mass is 9.88. The number of aryl methyl sites for hydroxylation is 1. The second kappa shape index (κ2) is 4.60. The molecule has 0 bridgehead atoms. The van der Waals surface area contributed by atoms with Gasteiger partial charge >= 0.3 is 5.97 Å². The lowest BCUT2D eigenvalue weighted by Crippen LogP contribution is -2.17. The average molecular weight is 220 g/mol. The Morgan fingerprint density at radius 3 is 3.12 bits per heavy atom. The van der Waals surface area contributed by atoms with Crippen molar-refractivity contribution in [3.8, 4) is 0 Å². The molecule has 1 aliphatic rings. The summed E-state index contributed by atoms with van der Waals surface area (Å²) in [6.45, 7) is 4.37. The van der Waals surface area contributed by atoms with Crippen molar-refractivity contribution in [1.82, 2.24) is 10.2 Å². The molecule has 2 rings (SSSR count). The summed E-state index contributed by atoms with van der Waals surface area (Å²) in [6, 6.07) is 1.83. The lowest BCUT2D eigenvalue weighted by Gasteiger charge is -2.19. The van der Waals surface area contributed by atoms with Gasteiger partial charge in [-0.1, -0.05) is 6.92 Å². The third-order valence-corrected chi connectivity index (χ3v) is 2.89. The van der Waals surface area contributed by atoms with Crippen LogP contribution in [0.5, 0.6) is 0 Å². The molecule has 0 aliphatic heterocycles. The number of ether oxygens (including phenoxy) is 1. The van der Waals surface area contributed by atoms with E-state index in [0.29, 0.717) is 18.2 Å². The predicted octanol–water partition coefficient (Wildman–Crippen LogP) is 1.78. The molecule has 1 unspecified atom stereocenters. The van der Waals surface area contributed by atoms with Gasteiger partial charge < -0.3 is 4.74 Å². The normalized spacial score (nSPS) is 19.0. The predicted molar refractivity (Wildman–Crippen MR) is 59.2 cm³/mol. The van der Waals surface area contributed by atoms with Gasteiger partial charge in [0.25, 0.3) is 0 Å². The van der Waals surface area contributed by atoms with Crippen LogP contribution in [0.15, 0.2) is 6.07 Å². The molecule has 1 atom stereocenters. The number of carbonyl (C=O) groups excluding carboxylic acids is 1. The molecule has 0 spiro atoms. The first kappa shape index (κ1) is 11.0. The van der Waals surface area contributed by atoms with Crippen LogP contribution in [0, 0.1) is 5.92 Å². The number of aromatic nitrogens is 2. The molecule has 0 saturated carbocycles. The van der Waals surface area contributed by atoms with Gasteiger partial charge in [0.05, 0.1) is 12.3 Å². The number of rotatable bonds is 2. The van der Waals surface area contributed by atoms with Gasteiger partial charge in [0.15, 0.2) is 5.69 Å². The number of hydrogen-bond acceptors (Lipinski definition) is 4. The van der Waals surface area contributed by atoms with Crippen LogP contribution in [0.4, 0.5) is 0 Å². The van der Waals surface area contributed by atoms with E-state index in [9.17, 15) is 4.79 Å². The molecule has 4 heteroatoms. The fourth-order valence-corrected chi connectivity index (χ4v) is 2.01. The number of esters is 1. The van der Waals surface area contributed by atoms with Crippen LogP contribution >= 0.6 is 0 Å². The molecule has 0 N–H and O–H groups in total. The Kier molecular flexibility index (Phi) is 3.17. The Bertz CT molecular complexity index is 404. The third-order valence-electron chi connectivity index (χ3n) is 2.89. The molecule has 4 nitrogen and oxygen atoms in total. The summed E-state index contributed by atoms with van der Waals surface area (Å²) >= 11 is 0. The van der Waals surface area contributed by atoms with Gasteiger partial charge in [-0.2, -0.15) is 5.10 Å². The van der Waals surface area contributed by atoms with E-state index in [0.717, 1.165) is 30.5 Å². The SMILES string of the molecule is CCOC(=O)c1cc2c(nn1)CCC(C)C2. The van der Waals surface area contributed by atoms with E-state index in [1.807, 2.05) is 6.07 Å². The van der Waals surface area contributed by atoms with Gasteiger partial charge in [0.1, 0.15) is 0 Å². The second-order valence-corrected chi connectivity index (χ2v) is 4.27. The van der Waals surface area contributed by atoms with Crippen molar-refractivity contribution in [2.24, 2.45) is 5.92 Å². The second-order valence-electron chi connectivity index (χ2n) is 4.27. The van der Waals surface area contributed by atoms with Crippen molar-refractivity contribution in [2.45, 2.75) is 33.1 Å². The fourth-order valence-electron chi connectivity index (χ4n) is 2.01. The zero-order valence-corrected chi connectivity index (χ0v) is 9.69. The fraction of sp³-hybridized carbons (Fsp3) is 0.583. The van der Waals surface area contributed by atoms with Crippen LogP contribution in [0.1, 0.15) is 42.0 Å². The monoisotopic (exact) mass is 220 g/mol. The van der Waals surface area contributed by atoms with Crippen molar-refractivity contribution in [1.29, 1.82) is 0 Å². The molecule has 86 valence electrons. The van der Waals surface area contributed by atoms with Crippen molar-refractivity contribution in [2.75, 3.05) is 6.61 Å². The van der Waals surface area contributed by atoms with Gasteiger partial charge in [-0.3, -0.25) is 0 Å². The van der Waals surface area contributed by atoms with E-state index in [-0.39, 0.29) is 5.97 Å².